The van der Waals surface area contributed by atoms with Gasteiger partial charge in [-0.15, -0.1) is 0 Å². The van der Waals surface area contributed by atoms with Crippen LogP contribution in [0.25, 0.3) is 44.8 Å². The van der Waals surface area contributed by atoms with Crippen LogP contribution in [0.5, 0.6) is 5.88 Å². The molecule has 2 atom stereocenters. The number of nitrogens with zero attached hydrogens (tertiary/aromatic N) is 4. The highest BCUT2D eigenvalue weighted by Crippen LogP contribution is 2.42. The monoisotopic (exact) mass is 712 g/mol. The summed E-state index contributed by atoms with van der Waals surface area (Å²) in [4.78, 5) is 37.5. The Morgan fingerprint density at radius 3 is 1.90 bits per heavy atom. The van der Waals surface area contributed by atoms with E-state index in [1.807, 2.05) is 72.3 Å². The molecule has 13 heteroatoms. The molecular weight excluding hydrogens is 675 g/mol. The summed E-state index contributed by atoms with van der Waals surface area (Å²) < 4.78 is 7.68. The first kappa shape index (κ1) is 33.9. The maximum atomic E-state index is 11.5. The van der Waals surface area contributed by atoms with E-state index in [1.165, 1.54) is 0 Å². The number of hydrogen-bond donors (Lipinski definition) is 4. The van der Waals surface area contributed by atoms with Gasteiger partial charge >= 0.3 is 0 Å². The number of methoxy groups -OCH3 is 1. The van der Waals surface area contributed by atoms with Crippen molar-refractivity contribution in [3.63, 3.8) is 0 Å². The summed E-state index contributed by atoms with van der Waals surface area (Å²) in [6, 6.07) is 19.8. The molecule has 11 nitrogen and oxygen atoms in total. The van der Waals surface area contributed by atoms with Crippen molar-refractivity contribution in [2.45, 2.75) is 50.9 Å². The van der Waals surface area contributed by atoms with Crippen LogP contribution < -0.4 is 26.0 Å². The lowest BCUT2D eigenvalue weighted by molar-refractivity contribution is -0.120. The minimum Gasteiger partial charge on any atom is -0.481 e. The van der Waals surface area contributed by atoms with Crippen molar-refractivity contribution in [3.8, 4) is 39.5 Å². The number of carbonyl (C=O) groups is 2. The van der Waals surface area contributed by atoms with Gasteiger partial charge in [-0.25, -0.2) is 15.0 Å². The molecule has 0 saturated carbocycles. The first-order valence-electron chi connectivity index (χ1n) is 16.7. The summed E-state index contributed by atoms with van der Waals surface area (Å²) in [7, 11) is 3.57. The fraction of sp³-hybridized carbons (Fsp3) is 0.324. The molecular formula is C37H38Cl2N8O3. The summed E-state index contributed by atoms with van der Waals surface area (Å²) in [5.74, 6) is 1.56. The number of fused-ring (bicyclic) bond motifs is 1. The fourth-order valence-corrected chi connectivity index (χ4v) is 7.29. The molecule has 0 bridgehead atoms. The Kier molecular flexibility index (Phi) is 10.0. The first-order valence-corrected chi connectivity index (χ1v) is 17.5. The maximum absolute atomic E-state index is 11.5. The average Bonchev–Trinajstić information content (AvgIpc) is 3.82. The smallest absolute Gasteiger partial charge is 0.220 e. The zero-order valence-electron chi connectivity index (χ0n) is 27.9. The lowest BCUT2D eigenvalue weighted by Gasteiger charge is -2.15. The Morgan fingerprint density at radius 1 is 0.760 bits per heavy atom. The molecule has 0 radical (unpaired) electrons. The number of nitrogens with one attached hydrogen (secondary N) is 4. The number of rotatable bonds is 12. The number of aryl methyl sites for hydroxylation is 1. The molecule has 0 aliphatic carbocycles. The summed E-state index contributed by atoms with van der Waals surface area (Å²) in [6.45, 7) is 2.48. The van der Waals surface area contributed by atoms with Crippen LogP contribution in [-0.2, 0) is 29.7 Å². The second-order valence-corrected chi connectivity index (χ2v) is 13.4. The maximum Gasteiger partial charge on any atom is 0.220 e. The normalized spacial score (nSPS) is 17.4. The molecule has 2 aromatic carbocycles. The van der Waals surface area contributed by atoms with Crippen LogP contribution in [0.4, 0.5) is 0 Å². The Balaban J connectivity index is 1.10. The molecule has 0 spiro atoms. The molecule has 7 rings (SSSR count). The van der Waals surface area contributed by atoms with Crippen LogP contribution in [0.15, 0.2) is 60.7 Å². The molecule has 2 aliphatic rings. The van der Waals surface area contributed by atoms with Gasteiger partial charge in [0.15, 0.2) is 5.65 Å². The largest absolute Gasteiger partial charge is 0.481 e. The van der Waals surface area contributed by atoms with Crippen molar-refractivity contribution in [2.24, 2.45) is 7.05 Å². The average molecular weight is 714 g/mol. The molecule has 2 saturated heterocycles. The van der Waals surface area contributed by atoms with Gasteiger partial charge in [-0.3, -0.25) is 9.59 Å². The van der Waals surface area contributed by atoms with Gasteiger partial charge in [-0.1, -0.05) is 65.7 Å². The van der Waals surface area contributed by atoms with Crippen molar-refractivity contribution in [1.82, 2.24) is 40.8 Å². The van der Waals surface area contributed by atoms with Crippen molar-refractivity contribution >= 4 is 46.2 Å². The summed E-state index contributed by atoms with van der Waals surface area (Å²) in [5, 5.41) is 13.8. The summed E-state index contributed by atoms with van der Waals surface area (Å²) in [6.07, 6.45) is 2.83. The van der Waals surface area contributed by atoms with E-state index in [1.54, 1.807) is 7.11 Å². The van der Waals surface area contributed by atoms with E-state index in [4.69, 9.17) is 42.9 Å². The Labute approximate surface area is 300 Å². The van der Waals surface area contributed by atoms with Crippen LogP contribution in [0.2, 0.25) is 10.0 Å². The summed E-state index contributed by atoms with van der Waals surface area (Å²) >= 11 is 14.2. The SMILES string of the molecule is COc1nc(-c2cccc(-c3cccc(-c4ccc5c(n4)nc(CNCC4CCC(=O)N4)n5C)c3Cl)c2Cl)ccc1CNCC1CCC(=O)N1. The number of hydrogen-bond acceptors (Lipinski definition) is 8. The van der Waals surface area contributed by atoms with E-state index in [9.17, 15) is 9.59 Å². The Morgan fingerprint density at radius 2 is 1.32 bits per heavy atom. The summed E-state index contributed by atoms with van der Waals surface area (Å²) in [5.41, 5.74) is 6.88. The molecule has 5 heterocycles. The standard InChI is InChI=1S/C37H38Cl2N8O3/c1-47-30-14-13-28(44-36(30)46-31(47)20-41-19-23-11-16-33(49)43-23)26-7-3-5-24(34(26)38)25-6-4-8-27(35(25)39)29-12-9-21(37(45-29)50-2)17-40-18-22-10-15-32(48)42-22/h3-9,12-14,22-23,40-41H,10-11,15-20H2,1-2H3,(H,42,48)(H,43,49). The molecule has 2 aliphatic heterocycles. The van der Waals surface area contributed by atoms with Gasteiger partial charge in [0.1, 0.15) is 5.82 Å². The minimum absolute atomic E-state index is 0.0994. The molecule has 3 aromatic heterocycles. The Hall–Kier alpha value is -4.55. The molecule has 5 aromatic rings. The zero-order chi connectivity index (χ0) is 34.8. The number of benzene rings is 2. The van der Waals surface area contributed by atoms with Crippen LogP contribution in [0, 0.1) is 0 Å². The highest BCUT2D eigenvalue weighted by atomic mass is 35.5. The van der Waals surface area contributed by atoms with Gasteiger partial charge < -0.3 is 30.6 Å². The third-order valence-electron chi connectivity index (χ3n) is 9.36. The van der Waals surface area contributed by atoms with Crippen molar-refractivity contribution in [1.29, 1.82) is 0 Å². The lowest BCUT2D eigenvalue weighted by Crippen LogP contribution is -2.35. The van der Waals surface area contributed by atoms with Crippen LogP contribution in [0.1, 0.15) is 37.1 Å². The van der Waals surface area contributed by atoms with Crippen molar-refractivity contribution in [3.05, 3.63) is 82.1 Å². The number of amides is 2. The zero-order valence-corrected chi connectivity index (χ0v) is 29.4. The first-order chi connectivity index (χ1) is 24.3. The predicted molar refractivity (Wildman–Crippen MR) is 195 cm³/mol. The Bertz CT molecular complexity index is 2080. The van der Waals surface area contributed by atoms with Crippen molar-refractivity contribution in [2.75, 3.05) is 20.2 Å². The van der Waals surface area contributed by atoms with E-state index < -0.39 is 0 Å². The van der Waals surface area contributed by atoms with E-state index in [0.29, 0.717) is 72.0 Å². The van der Waals surface area contributed by atoms with Crippen LogP contribution in [-0.4, -0.2) is 63.6 Å². The fourth-order valence-electron chi connectivity index (χ4n) is 6.64. The number of imidazole rings is 1. The minimum atomic E-state index is 0.0994. The molecule has 50 heavy (non-hydrogen) atoms. The molecule has 258 valence electrons. The number of aromatic nitrogens is 4. The van der Waals surface area contributed by atoms with Gasteiger partial charge in [0, 0.05) is 79.4 Å². The van der Waals surface area contributed by atoms with Crippen LogP contribution in [0.3, 0.4) is 0 Å². The van der Waals surface area contributed by atoms with E-state index in [-0.39, 0.29) is 23.9 Å². The number of pyridine rings is 2. The van der Waals surface area contributed by atoms with Crippen molar-refractivity contribution < 1.29 is 14.3 Å². The van der Waals surface area contributed by atoms with Gasteiger partial charge in [0.05, 0.1) is 40.6 Å². The number of ether oxygens (including phenoxy) is 1. The molecule has 2 fully saturated rings. The van der Waals surface area contributed by atoms with E-state index >= 15 is 0 Å². The third kappa shape index (κ3) is 7.04. The van der Waals surface area contributed by atoms with Gasteiger partial charge in [0.25, 0.3) is 0 Å². The van der Waals surface area contributed by atoms with E-state index in [2.05, 4.69) is 21.3 Å². The second kappa shape index (κ2) is 14.7. The molecule has 4 N–H and O–H groups in total. The quantitative estimate of drug-likeness (QED) is 0.135. The van der Waals surface area contributed by atoms with Gasteiger partial charge in [0.2, 0.25) is 17.7 Å². The topological polar surface area (TPSA) is 135 Å². The number of halogens is 2. The highest BCUT2D eigenvalue weighted by Gasteiger charge is 2.22. The van der Waals surface area contributed by atoms with E-state index in [0.717, 1.165) is 52.0 Å². The van der Waals surface area contributed by atoms with Gasteiger partial charge in [-0.05, 0) is 31.0 Å². The number of carbonyl (C=O) groups excluding carboxylic acids is 2. The molecule has 2 unspecified atom stereocenters. The third-order valence-corrected chi connectivity index (χ3v) is 10.2. The lowest BCUT2D eigenvalue weighted by atomic mass is 9.98. The highest BCUT2D eigenvalue weighted by molar-refractivity contribution is 6.39. The van der Waals surface area contributed by atoms with Gasteiger partial charge in [-0.2, -0.15) is 0 Å². The second-order valence-electron chi connectivity index (χ2n) is 12.7. The predicted octanol–water partition coefficient (Wildman–Crippen LogP) is 5.42. The van der Waals surface area contributed by atoms with Crippen LogP contribution >= 0.6 is 23.2 Å². The molecule has 2 amide bonds.